The fraction of sp³-hybridized carbons (Fsp3) is 0.231. The maximum Gasteiger partial charge on any atom is 0.251 e. The Bertz CT molecular complexity index is 555. The molecular formula is C13H16N6O. The van der Waals surface area contributed by atoms with E-state index >= 15 is 0 Å². The molecule has 104 valence electrons. The third-order valence-electron chi connectivity index (χ3n) is 2.34. The van der Waals surface area contributed by atoms with Crippen molar-refractivity contribution in [2.24, 2.45) is 10.8 Å². The van der Waals surface area contributed by atoms with E-state index in [4.69, 9.17) is 16.4 Å². The van der Waals surface area contributed by atoms with E-state index in [2.05, 4.69) is 15.8 Å². The summed E-state index contributed by atoms with van der Waals surface area (Å²) in [4.78, 5) is 11.7. The molecule has 0 bridgehead atoms. The minimum atomic E-state index is -0.407. The molecule has 1 amide bonds. The van der Waals surface area contributed by atoms with Gasteiger partial charge in [0.1, 0.15) is 6.07 Å². The first-order chi connectivity index (χ1) is 9.58. The van der Waals surface area contributed by atoms with Crippen molar-refractivity contribution < 1.29 is 4.79 Å². The van der Waals surface area contributed by atoms with Crippen LogP contribution in [0.25, 0.3) is 0 Å². The van der Waals surface area contributed by atoms with Crippen molar-refractivity contribution in [3.63, 3.8) is 0 Å². The Balaban J connectivity index is 2.70. The van der Waals surface area contributed by atoms with Crippen LogP contribution in [0.5, 0.6) is 0 Å². The van der Waals surface area contributed by atoms with Gasteiger partial charge in [0.15, 0.2) is 5.84 Å². The summed E-state index contributed by atoms with van der Waals surface area (Å²) in [5.41, 5.74) is 8.69. The molecule has 0 aliphatic rings. The van der Waals surface area contributed by atoms with Gasteiger partial charge in [0.2, 0.25) is 5.71 Å². The standard InChI is InChI=1S/C13H16N6O/c1-2-7-17-13(20)9-3-5-10(6-4-9)18-19-11(8-14)12(15)16/h3-6,18H,2,7H2,1H3,(H3,15,16)(H,17,20)/b19-11+. The molecule has 20 heavy (non-hydrogen) atoms. The Morgan fingerprint density at radius 2 is 2.10 bits per heavy atom. The van der Waals surface area contributed by atoms with Crippen LogP contribution in [0, 0.1) is 16.7 Å². The first-order valence-electron chi connectivity index (χ1n) is 6.05. The molecule has 1 rings (SSSR count). The Morgan fingerprint density at radius 3 is 2.60 bits per heavy atom. The number of carbonyl (C=O) groups is 1. The van der Waals surface area contributed by atoms with Gasteiger partial charge in [-0.3, -0.25) is 15.6 Å². The van der Waals surface area contributed by atoms with Gasteiger partial charge in [-0.15, -0.1) is 0 Å². The smallest absolute Gasteiger partial charge is 0.251 e. The molecule has 0 fully saturated rings. The van der Waals surface area contributed by atoms with Gasteiger partial charge in [-0.25, -0.2) is 0 Å². The summed E-state index contributed by atoms with van der Waals surface area (Å²) in [5, 5.41) is 22.2. The first kappa shape index (κ1) is 15.2. The Kier molecular flexibility index (Phi) is 5.72. The van der Waals surface area contributed by atoms with Gasteiger partial charge in [0.25, 0.3) is 5.91 Å². The van der Waals surface area contributed by atoms with Gasteiger partial charge < -0.3 is 11.1 Å². The largest absolute Gasteiger partial charge is 0.382 e. The molecule has 0 saturated carbocycles. The molecule has 0 aliphatic heterocycles. The molecule has 0 aliphatic carbocycles. The lowest BCUT2D eigenvalue weighted by molar-refractivity contribution is 0.0953. The summed E-state index contributed by atoms with van der Waals surface area (Å²) in [7, 11) is 0. The van der Waals surface area contributed by atoms with E-state index in [1.165, 1.54) is 0 Å². The molecule has 0 atom stereocenters. The van der Waals surface area contributed by atoms with Crippen LogP contribution < -0.4 is 16.5 Å². The van der Waals surface area contributed by atoms with Gasteiger partial charge in [-0.1, -0.05) is 6.92 Å². The quantitative estimate of drug-likeness (QED) is 0.350. The van der Waals surface area contributed by atoms with E-state index in [9.17, 15) is 4.79 Å². The average molecular weight is 272 g/mol. The van der Waals surface area contributed by atoms with E-state index in [0.29, 0.717) is 17.8 Å². The highest BCUT2D eigenvalue weighted by molar-refractivity contribution is 6.45. The molecule has 0 radical (unpaired) electrons. The van der Waals surface area contributed by atoms with E-state index < -0.39 is 5.84 Å². The Labute approximate surface area is 117 Å². The predicted octanol–water partition coefficient (Wildman–Crippen LogP) is 1.05. The van der Waals surface area contributed by atoms with E-state index in [1.807, 2.05) is 6.92 Å². The number of hydrogen-bond acceptors (Lipinski definition) is 5. The Hall–Kier alpha value is -2.88. The van der Waals surface area contributed by atoms with E-state index in [-0.39, 0.29) is 11.6 Å². The van der Waals surface area contributed by atoms with Crippen LogP contribution in [-0.4, -0.2) is 24.0 Å². The number of nitrogens with zero attached hydrogens (tertiary/aromatic N) is 2. The monoisotopic (exact) mass is 272 g/mol. The molecule has 1 aromatic rings. The molecule has 5 N–H and O–H groups in total. The van der Waals surface area contributed by atoms with Gasteiger partial charge in [0, 0.05) is 12.1 Å². The van der Waals surface area contributed by atoms with Crippen LogP contribution in [-0.2, 0) is 0 Å². The van der Waals surface area contributed by atoms with Crippen molar-refractivity contribution in [2.45, 2.75) is 13.3 Å². The highest BCUT2D eigenvalue weighted by Gasteiger charge is 2.04. The second-order valence-electron chi connectivity index (χ2n) is 3.93. The molecule has 7 nitrogen and oxygen atoms in total. The van der Waals surface area contributed by atoms with E-state index in [1.54, 1.807) is 30.3 Å². The summed E-state index contributed by atoms with van der Waals surface area (Å²) >= 11 is 0. The number of rotatable bonds is 6. The number of hydrogen-bond donors (Lipinski definition) is 4. The summed E-state index contributed by atoms with van der Waals surface area (Å²) in [6, 6.07) is 8.29. The zero-order valence-electron chi connectivity index (χ0n) is 11.1. The number of nitriles is 1. The van der Waals surface area contributed by atoms with Crippen molar-refractivity contribution in [3.05, 3.63) is 29.8 Å². The van der Waals surface area contributed by atoms with Crippen molar-refractivity contribution in [3.8, 4) is 6.07 Å². The highest BCUT2D eigenvalue weighted by Crippen LogP contribution is 2.09. The number of nitrogens with one attached hydrogen (secondary N) is 3. The molecule has 1 aromatic carbocycles. The lowest BCUT2D eigenvalue weighted by atomic mass is 10.2. The second kappa shape index (κ2) is 7.53. The minimum absolute atomic E-state index is 0.136. The first-order valence-corrected chi connectivity index (χ1v) is 6.05. The average Bonchev–Trinajstić information content (AvgIpc) is 2.45. The molecule has 0 aromatic heterocycles. The van der Waals surface area contributed by atoms with E-state index in [0.717, 1.165) is 6.42 Å². The summed E-state index contributed by atoms with van der Waals surface area (Å²) in [6.07, 6.45) is 0.877. The number of hydrazone groups is 1. The molecule has 0 saturated heterocycles. The van der Waals surface area contributed by atoms with Crippen LogP contribution in [0.1, 0.15) is 23.7 Å². The fourth-order valence-corrected chi connectivity index (χ4v) is 1.30. The van der Waals surface area contributed by atoms with Crippen molar-refractivity contribution in [1.29, 1.82) is 10.7 Å². The van der Waals surface area contributed by atoms with Crippen molar-refractivity contribution >= 4 is 23.1 Å². The zero-order chi connectivity index (χ0) is 15.0. The third-order valence-corrected chi connectivity index (χ3v) is 2.34. The van der Waals surface area contributed by atoms with Gasteiger partial charge in [-0.2, -0.15) is 10.4 Å². The van der Waals surface area contributed by atoms with Crippen LogP contribution in [0.4, 0.5) is 5.69 Å². The lowest BCUT2D eigenvalue weighted by Gasteiger charge is -2.05. The number of anilines is 1. The third kappa shape index (κ3) is 4.42. The molecular weight excluding hydrogens is 256 g/mol. The Morgan fingerprint density at radius 1 is 1.45 bits per heavy atom. The summed E-state index contributed by atoms with van der Waals surface area (Å²) in [5.74, 6) is -0.543. The topological polar surface area (TPSA) is 127 Å². The van der Waals surface area contributed by atoms with Crippen molar-refractivity contribution in [2.75, 3.05) is 12.0 Å². The summed E-state index contributed by atoms with van der Waals surface area (Å²) in [6.45, 7) is 2.61. The normalized spacial score (nSPS) is 10.5. The van der Waals surface area contributed by atoms with Crippen LogP contribution in [0.3, 0.4) is 0 Å². The minimum Gasteiger partial charge on any atom is -0.382 e. The van der Waals surface area contributed by atoms with Crippen molar-refractivity contribution in [1.82, 2.24) is 5.32 Å². The molecule has 0 heterocycles. The number of amidine groups is 1. The van der Waals surface area contributed by atoms with Gasteiger partial charge >= 0.3 is 0 Å². The lowest BCUT2D eigenvalue weighted by Crippen LogP contribution is -2.23. The van der Waals surface area contributed by atoms with Crippen LogP contribution >= 0.6 is 0 Å². The van der Waals surface area contributed by atoms with Gasteiger partial charge in [-0.05, 0) is 30.7 Å². The molecule has 0 spiro atoms. The zero-order valence-corrected chi connectivity index (χ0v) is 11.1. The van der Waals surface area contributed by atoms with Crippen LogP contribution in [0.2, 0.25) is 0 Å². The number of nitrogens with two attached hydrogens (primary N) is 1. The molecule has 7 heteroatoms. The predicted molar refractivity (Wildman–Crippen MR) is 77.7 cm³/mol. The number of benzene rings is 1. The fourth-order valence-electron chi connectivity index (χ4n) is 1.30. The maximum atomic E-state index is 11.7. The second-order valence-corrected chi connectivity index (χ2v) is 3.93. The highest BCUT2D eigenvalue weighted by atomic mass is 16.1. The number of carbonyl (C=O) groups excluding carboxylic acids is 1. The SMILES string of the molecule is CCCNC(=O)c1ccc(N/N=C(\C#N)C(=N)N)cc1. The van der Waals surface area contributed by atoms with Gasteiger partial charge in [0.05, 0.1) is 5.69 Å². The maximum absolute atomic E-state index is 11.7. The summed E-state index contributed by atoms with van der Waals surface area (Å²) < 4.78 is 0. The van der Waals surface area contributed by atoms with Crippen LogP contribution in [0.15, 0.2) is 29.4 Å². The molecule has 0 unspecified atom stereocenters. The number of amides is 1.